The molecule has 1 aliphatic rings. The fourth-order valence-electron chi connectivity index (χ4n) is 0. The summed E-state index contributed by atoms with van der Waals surface area (Å²) < 4.78 is 4.50. The molecular weight excluding hydrogens is 152 g/mol. The summed E-state index contributed by atoms with van der Waals surface area (Å²) in [5, 5.41) is 16.3. The van der Waals surface area contributed by atoms with E-state index in [1.165, 1.54) is 0 Å². The number of carbonyl (C=O) groups excluding carboxylic acids is 1. The molecule has 1 fully saturated rings. The molecule has 0 aromatic heterocycles. The van der Waals surface area contributed by atoms with E-state index in [9.17, 15) is 0 Å². The third kappa shape index (κ3) is 277. The summed E-state index contributed by atoms with van der Waals surface area (Å²) in [5.74, 6) is -1.08. The summed E-state index contributed by atoms with van der Waals surface area (Å²) in [7, 11) is 0. The maximum atomic E-state index is 8.89. The smallest absolute Gasteiger partial charge is 0.0791 e. The molecule has 0 bridgehead atoms. The second kappa shape index (κ2) is 12.1. The first-order chi connectivity index (χ1) is 5.15. The summed E-state index contributed by atoms with van der Waals surface area (Å²) in [5.41, 5.74) is 0. The van der Waals surface area contributed by atoms with Gasteiger partial charge in [-0.05, 0) is 13.8 Å². The highest BCUT2D eigenvalue weighted by Gasteiger charge is 1.94. The summed E-state index contributed by atoms with van der Waals surface area (Å²) in [6.45, 7) is 5.06. The molecule has 1 aliphatic heterocycles. The Labute approximate surface area is 65.5 Å². The zero-order chi connectivity index (χ0) is 9.11. The van der Waals surface area contributed by atoms with Gasteiger partial charge in [0.15, 0.2) is 0 Å². The molecule has 1 saturated heterocycles. The molecule has 5 nitrogen and oxygen atoms in total. The SMILES string of the molecule is C1CO1.CC(=O)[O-].CCOO. The number of ether oxygens (including phenoxy) is 1. The van der Waals surface area contributed by atoms with Crippen LogP contribution in [-0.4, -0.2) is 31.0 Å². The first-order valence-electron chi connectivity index (χ1n) is 3.16. The molecule has 11 heavy (non-hydrogen) atoms. The summed E-state index contributed by atoms with van der Waals surface area (Å²) in [4.78, 5) is 12.4. The van der Waals surface area contributed by atoms with E-state index in [0.29, 0.717) is 6.61 Å². The van der Waals surface area contributed by atoms with E-state index in [2.05, 4.69) is 9.62 Å². The minimum absolute atomic E-state index is 0.375. The number of epoxide rings is 1. The maximum Gasteiger partial charge on any atom is 0.0791 e. The molecule has 0 saturated carbocycles. The molecule has 5 heteroatoms. The number of aliphatic carboxylic acids is 1. The molecule has 1 N–H and O–H groups in total. The second-order valence-electron chi connectivity index (χ2n) is 1.52. The highest BCUT2D eigenvalue weighted by atomic mass is 17.1. The summed E-state index contributed by atoms with van der Waals surface area (Å²) >= 11 is 0. The third-order valence-electron chi connectivity index (χ3n) is 0.333. The molecule has 1 rings (SSSR count). The van der Waals surface area contributed by atoms with Crippen molar-refractivity contribution in [2.45, 2.75) is 13.8 Å². The lowest BCUT2D eigenvalue weighted by molar-refractivity contribution is -0.302. The Bertz CT molecular complexity index is 72.3. The zero-order valence-electron chi connectivity index (χ0n) is 6.70. The summed E-state index contributed by atoms with van der Waals surface area (Å²) in [6, 6.07) is 0. The van der Waals surface area contributed by atoms with Crippen molar-refractivity contribution in [3.63, 3.8) is 0 Å². The van der Waals surface area contributed by atoms with Crippen LogP contribution in [0.25, 0.3) is 0 Å². The van der Waals surface area contributed by atoms with Crippen LogP contribution in [0.2, 0.25) is 0 Å². The van der Waals surface area contributed by atoms with Crippen molar-refractivity contribution in [1.29, 1.82) is 0 Å². The first kappa shape index (κ1) is 13.0. The molecule has 0 aromatic rings. The zero-order valence-corrected chi connectivity index (χ0v) is 6.70. The van der Waals surface area contributed by atoms with Crippen molar-refractivity contribution >= 4 is 5.97 Å². The standard InChI is InChI=1S/C2H6O2.C2H4O2.C2H4O/c1-2-4-3;1-2(3)4;1-2-3-1/h3H,2H2,1H3;1H3,(H,3,4);1-2H2/p-1. The van der Waals surface area contributed by atoms with E-state index in [4.69, 9.17) is 15.2 Å². The van der Waals surface area contributed by atoms with Crippen LogP contribution in [0.4, 0.5) is 0 Å². The van der Waals surface area contributed by atoms with Gasteiger partial charge in [0.05, 0.1) is 19.8 Å². The highest BCUT2D eigenvalue weighted by Crippen LogP contribution is 1.84. The van der Waals surface area contributed by atoms with E-state index in [1.807, 2.05) is 0 Å². The Hall–Kier alpha value is -0.650. The normalized spacial score (nSPS) is 11.5. The number of carboxylic acids is 1. The molecule has 0 spiro atoms. The van der Waals surface area contributed by atoms with Crippen molar-refractivity contribution in [2.75, 3.05) is 19.8 Å². The molecule has 0 unspecified atom stereocenters. The van der Waals surface area contributed by atoms with Gasteiger partial charge in [-0.2, -0.15) is 0 Å². The minimum Gasteiger partial charge on any atom is -0.550 e. The van der Waals surface area contributed by atoms with Gasteiger partial charge in [0.2, 0.25) is 0 Å². The monoisotopic (exact) mass is 165 g/mol. The van der Waals surface area contributed by atoms with Crippen molar-refractivity contribution < 1.29 is 24.8 Å². The lowest BCUT2D eigenvalue weighted by Gasteiger charge is -1.77. The van der Waals surface area contributed by atoms with E-state index >= 15 is 0 Å². The van der Waals surface area contributed by atoms with Gasteiger partial charge >= 0.3 is 0 Å². The van der Waals surface area contributed by atoms with Gasteiger partial charge in [-0.3, -0.25) is 5.26 Å². The van der Waals surface area contributed by atoms with Crippen molar-refractivity contribution in [2.24, 2.45) is 0 Å². The number of hydrogen-bond acceptors (Lipinski definition) is 5. The number of rotatable bonds is 1. The van der Waals surface area contributed by atoms with Gasteiger partial charge in [0, 0.05) is 5.97 Å². The van der Waals surface area contributed by atoms with Gasteiger partial charge in [0.25, 0.3) is 0 Å². The Morgan fingerprint density at radius 3 is 1.91 bits per heavy atom. The average molecular weight is 165 g/mol. The van der Waals surface area contributed by atoms with Crippen LogP contribution < -0.4 is 5.11 Å². The fraction of sp³-hybridized carbons (Fsp3) is 0.833. The number of carboxylic acid groups (broad SMARTS) is 1. The predicted molar refractivity (Wildman–Crippen MR) is 35.8 cm³/mol. The lowest BCUT2D eigenvalue weighted by Crippen LogP contribution is -2.16. The van der Waals surface area contributed by atoms with Crippen LogP contribution in [0.15, 0.2) is 0 Å². The van der Waals surface area contributed by atoms with E-state index in [-0.39, 0.29) is 0 Å². The second-order valence-corrected chi connectivity index (χ2v) is 1.52. The van der Waals surface area contributed by atoms with Gasteiger partial charge < -0.3 is 14.6 Å². The molecule has 0 aliphatic carbocycles. The van der Waals surface area contributed by atoms with E-state index in [0.717, 1.165) is 20.1 Å². The average Bonchev–Trinajstić information content (AvgIpc) is 2.70. The van der Waals surface area contributed by atoms with Gasteiger partial charge in [-0.1, -0.05) is 0 Å². The fourth-order valence-corrected chi connectivity index (χ4v) is 0. The van der Waals surface area contributed by atoms with Crippen LogP contribution >= 0.6 is 0 Å². The Kier molecular flexibility index (Phi) is 14.2. The molecule has 0 aromatic carbocycles. The summed E-state index contributed by atoms with van der Waals surface area (Å²) in [6.07, 6.45) is 0. The van der Waals surface area contributed by atoms with E-state index < -0.39 is 5.97 Å². The van der Waals surface area contributed by atoms with Crippen LogP contribution in [0.1, 0.15) is 13.8 Å². The highest BCUT2D eigenvalue weighted by molar-refractivity contribution is 5.60. The van der Waals surface area contributed by atoms with Crippen LogP contribution in [-0.2, 0) is 14.4 Å². The third-order valence-corrected chi connectivity index (χ3v) is 0.333. The Morgan fingerprint density at radius 2 is 1.91 bits per heavy atom. The molecule has 1 heterocycles. The van der Waals surface area contributed by atoms with Gasteiger partial charge in [-0.15, -0.1) is 0 Å². The Morgan fingerprint density at radius 1 is 1.73 bits per heavy atom. The van der Waals surface area contributed by atoms with Crippen molar-refractivity contribution in [3.8, 4) is 0 Å². The van der Waals surface area contributed by atoms with Crippen LogP contribution in [0, 0.1) is 0 Å². The maximum absolute atomic E-state index is 8.89. The molecule has 68 valence electrons. The van der Waals surface area contributed by atoms with Crippen molar-refractivity contribution in [1.82, 2.24) is 0 Å². The van der Waals surface area contributed by atoms with E-state index in [1.54, 1.807) is 6.92 Å². The lowest BCUT2D eigenvalue weighted by atomic mass is 10.9. The van der Waals surface area contributed by atoms with Gasteiger partial charge in [0.1, 0.15) is 0 Å². The predicted octanol–water partition coefficient (Wildman–Crippen LogP) is -0.731. The number of carbonyl (C=O) groups is 1. The molecular formula is C6H13O5-. The quantitative estimate of drug-likeness (QED) is 0.314. The molecule has 0 radical (unpaired) electrons. The first-order valence-corrected chi connectivity index (χ1v) is 3.16. The van der Waals surface area contributed by atoms with Crippen LogP contribution in [0.3, 0.4) is 0 Å². The van der Waals surface area contributed by atoms with Crippen molar-refractivity contribution in [3.05, 3.63) is 0 Å². The largest absolute Gasteiger partial charge is 0.550 e. The van der Waals surface area contributed by atoms with Gasteiger partial charge in [-0.25, -0.2) is 4.89 Å². The minimum atomic E-state index is -1.08. The number of hydrogen-bond donors (Lipinski definition) is 1. The molecule has 0 amide bonds. The van der Waals surface area contributed by atoms with Crippen LogP contribution in [0.5, 0.6) is 0 Å². The molecule has 0 atom stereocenters. The Balaban J connectivity index is 0. The topological polar surface area (TPSA) is 82.1 Å².